The second kappa shape index (κ2) is 2.87. The van der Waals surface area contributed by atoms with Gasteiger partial charge >= 0.3 is 6.03 Å². The molecule has 0 saturated carbocycles. The zero-order valence-corrected chi connectivity index (χ0v) is 5.24. The quantitative estimate of drug-likeness (QED) is 0.565. The van der Waals surface area contributed by atoms with E-state index in [1.807, 2.05) is 6.07 Å². The molecule has 0 aromatic carbocycles. The van der Waals surface area contributed by atoms with Crippen LogP contribution in [0, 0.1) is 11.3 Å². The van der Waals surface area contributed by atoms with E-state index < -0.39 is 6.03 Å². The number of carbonyl (C=O) groups excluding carboxylic acids is 1. The Bertz CT molecular complexity index is 246. The highest BCUT2D eigenvalue weighted by molar-refractivity contribution is 6.37. The molecule has 0 N–H and O–H groups in total. The third-order valence-electron chi connectivity index (χ3n) is 1.06. The summed E-state index contributed by atoms with van der Waals surface area (Å²) in [5.41, 5.74) is 0.603. The third-order valence-corrected chi connectivity index (χ3v) is 1.06. The Hall–Kier alpha value is -1.50. The number of hydrogen-bond acceptors (Lipinski definition) is 2. The molecule has 1 aliphatic rings. The molecule has 0 spiro atoms. The Morgan fingerprint density at radius 1 is 1.70 bits per heavy atom. The highest BCUT2D eigenvalue weighted by Crippen LogP contribution is 1.98. The van der Waals surface area contributed by atoms with E-state index in [0.717, 1.165) is 0 Å². The molecule has 0 saturated heterocycles. The SMILES string of the molecule is N#CCCC1=NC(=O)N=C1. The van der Waals surface area contributed by atoms with Crippen LogP contribution in [0.3, 0.4) is 0 Å². The normalized spacial score (nSPS) is 15.1. The molecule has 0 atom stereocenters. The molecule has 10 heavy (non-hydrogen) atoms. The van der Waals surface area contributed by atoms with Gasteiger partial charge in [0.2, 0.25) is 0 Å². The van der Waals surface area contributed by atoms with Crippen LogP contribution >= 0.6 is 0 Å². The lowest BCUT2D eigenvalue weighted by molar-refractivity contribution is 0.257. The van der Waals surface area contributed by atoms with Crippen LogP contribution in [-0.2, 0) is 0 Å². The van der Waals surface area contributed by atoms with Crippen molar-refractivity contribution in [1.29, 1.82) is 5.26 Å². The van der Waals surface area contributed by atoms with Gasteiger partial charge in [-0.3, -0.25) is 0 Å². The molecule has 0 aliphatic carbocycles. The maximum Gasteiger partial charge on any atom is 0.367 e. The zero-order chi connectivity index (χ0) is 7.40. The van der Waals surface area contributed by atoms with Crippen LogP contribution in [0.1, 0.15) is 12.8 Å². The van der Waals surface area contributed by atoms with Gasteiger partial charge in [0.25, 0.3) is 0 Å². The van der Waals surface area contributed by atoms with Crippen molar-refractivity contribution in [3.63, 3.8) is 0 Å². The largest absolute Gasteiger partial charge is 0.367 e. The van der Waals surface area contributed by atoms with Gasteiger partial charge in [-0.2, -0.15) is 15.2 Å². The summed E-state index contributed by atoms with van der Waals surface area (Å²) < 4.78 is 0. The first-order valence-electron chi connectivity index (χ1n) is 2.85. The van der Waals surface area contributed by atoms with Crippen LogP contribution in [-0.4, -0.2) is 18.0 Å². The third kappa shape index (κ3) is 1.49. The second-order valence-corrected chi connectivity index (χ2v) is 1.80. The van der Waals surface area contributed by atoms with Gasteiger partial charge in [-0.1, -0.05) is 0 Å². The Morgan fingerprint density at radius 3 is 3.00 bits per heavy atom. The number of rotatable bonds is 2. The zero-order valence-electron chi connectivity index (χ0n) is 5.24. The Balaban J connectivity index is 2.46. The van der Waals surface area contributed by atoms with Crippen LogP contribution in [0.4, 0.5) is 4.79 Å². The lowest BCUT2D eigenvalue weighted by Crippen LogP contribution is -1.94. The van der Waals surface area contributed by atoms with Crippen molar-refractivity contribution in [1.82, 2.24) is 0 Å². The van der Waals surface area contributed by atoms with E-state index in [4.69, 9.17) is 5.26 Å². The van der Waals surface area contributed by atoms with Crippen molar-refractivity contribution in [2.45, 2.75) is 12.8 Å². The molecule has 50 valence electrons. The minimum Gasteiger partial charge on any atom is -0.244 e. The van der Waals surface area contributed by atoms with Gasteiger partial charge in [0.05, 0.1) is 18.0 Å². The van der Waals surface area contributed by atoms with Gasteiger partial charge in [-0.05, 0) is 0 Å². The minimum absolute atomic E-state index is 0.387. The van der Waals surface area contributed by atoms with E-state index in [2.05, 4.69) is 9.98 Å². The topological polar surface area (TPSA) is 65.6 Å². The van der Waals surface area contributed by atoms with Crippen molar-refractivity contribution in [3.8, 4) is 6.07 Å². The first-order chi connectivity index (χ1) is 4.83. The Labute approximate surface area is 57.9 Å². The summed E-state index contributed by atoms with van der Waals surface area (Å²) in [6.07, 6.45) is 2.31. The number of carbonyl (C=O) groups is 1. The molecular formula is C6H5N3O. The van der Waals surface area contributed by atoms with Gasteiger partial charge in [-0.25, -0.2) is 4.79 Å². The van der Waals surface area contributed by atoms with Crippen molar-refractivity contribution < 1.29 is 4.79 Å². The number of aliphatic imine (C=N–C) groups is 2. The summed E-state index contributed by atoms with van der Waals surface area (Å²) in [5.74, 6) is 0. The van der Waals surface area contributed by atoms with Gasteiger partial charge < -0.3 is 0 Å². The van der Waals surface area contributed by atoms with E-state index in [1.54, 1.807) is 0 Å². The van der Waals surface area contributed by atoms with E-state index in [-0.39, 0.29) is 0 Å². The molecule has 0 aromatic heterocycles. The van der Waals surface area contributed by atoms with Crippen LogP contribution in [0.2, 0.25) is 0 Å². The van der Waals surface area contributed by atoms with Crippen LogP contribution in [0.5, 0.6) is 0 Å². The van der Waals surface area contributed by atoms with Gasteiger partial charge in [0.15, 0.2) is 0 Å². The Morgan fingerprint density at radius 2 is 2.50 bits per heavy atom. The molecule has 1 rings (SSSR count). The molecule has 4 nitrogen and oxygen atoms in total. The molecular weight excluding hydrogens is 130 g/mol. The van der Waals surface area contributed by atoms with Gasteiger partial charge in [0.1, 0.15) is 0 Å². The van der Waals surface area contributed by atoms with Crippen LogP contribution in [0.25, 0.3) is 0 Å². The summed E-state index contributed by atoms with van der Waals surface area (Å²) in [5, 5.41) is 8.16. The van der Waals surface area contributed by atoms with Crippen molar-refractivity contribution in [2.75, 3.05) is 0 Å². The number of nitriles is 1. The summed E-state index contributed by atoms with van der Waals surface area (Å²) >= 11 is 0. The average molecular weight is 135 g/mol. The molecule has 4 heteroatoms. The molecule has 1 heterocycles. The summed E-state index contributed by atoms with van der Waals surface area (Å²) in [7, 11) is 0. The molecule has 0 unspecified atom stereocenters. The smallest absolute Gasteiger partial charge is 0.244 e. The lowest BCUT2D eigenvalue weighted by Gasteiger charge is -1.84. The molecule has 0 bridgehead atoms. The highest BCUT2D eigenvalue weighted by atomic mass is 16.2. The lowest BCUT2D eigenvalue weighted by atomic mass is 10.2. The van der Waals surface area contributed by atoms with Crippen molar-refractivity contribution >= 4 is 18.0 Å². The predicted octanol–water partition coefficient (Wildman–Crippen LogP) is 0.936. The molecule has 2 amide bonds. The second-order valence-electron chi connectivity index (χ2n) is 1.80. The maximum absolute atomic E-state index is 10.3. The number of nitrogens with zero attached hydrogens (tertiary/aromatic N) is 3. The molecule has 0 radical (unpaired) electrons. The fraction of sp³-hybridized carbons (Fsp3) is 0.333. The van der Waals surface area contributed by atoms with E-state index in [1.165, 1.54) is 6.21 Å². The van der Waals surface area contributed by atoms with Crippen molar-refractivity contribution in [3.05, 3.63) is 0 Å². The molecule has 0 fully saturated rings. The minimum atomic E-state index is -0.465. The van der Waals surface area contributed by atoms with Gasteiger partial charge in [-0.15, -0.1) is 0 Å². The number of amides is 2. The molecule has 0 aromatic rings. The van der Waals surface area contributed by atoms with Crippen molar-refractivity contribution in [2.24, 2.45) is 9.98 Å². The fourth-order valence-electron chi connectivity index (χ4n) is 0.615. The summed E-state index contributed by atoms with van der Waals surface area (Å²) in [4.78, 5) is 17.3. The van der Waals surface area contributed by atoms with Crippen LogP contribution < -0.4 is 0 Å². The first kappa shape index (κ1) is 6.62. The van der Waals surface area contributed by atoms with E-state index >= 15 is 0 Å². The summed E-state index contributed by atoms with van der Waals surface area (Å²) in [6.45, 7) is 0. The number of urea groups is 1. The first-order valence-corrected chi connectivity index (χ1v) is 2.85. The van der Waals surface area contributed by atoms with E-state index in [9.17, 15) is 4.79 Å². The number of hydrogen-bond donors (Lipinski definition) is 0. The molecule has 1 aliphatic heterocycles. The average Bonchev–Trinajstić information content (AvgIpc) is 2.31. The summed E-state index contributed by atoms with van der Waals surface area (Å²) in [6, 6.07) is 1.49. The predicted molar refractivity (Wildman–Crippen MR) is 36.2 cm³/mol. The monoisotopic (exact) mass is 135 g/mol. The fourth-order valence-corrected chi connectivity index (χ4v) is 0.615. The van der Waals surface area contributed by atoms with Crippen LogP contribution in [0.15, 0.2) is 9.98 Å². The van der Waals surface area contributed by atoms with Gasteiger partial charge in [0, 0.05) is 12.8 Å². The highest BCUT2D eigenvalue weighted by Gasteiger charge is 2.06. The standard InChI is InChI=1S/C6H5N3O/c7-3-1-2-5-4-8-6(10)9-5/h4H,1-2H2. The Kier molecular flexibility index (Phi) is 1.90. The van der Waals surface area contributed by atoms with E-state index in [0.29, 0.717) is 18.6 Å². The maximum atomic E-state index is 10.3.